The molecule has 0 radical (unpaired) electrons. The normalized spacial score (nSPS) is 10.5. The highest BCUT2D eigenvalue weighted by Gasteiger charge is 2.09. The quantitative estimate of drug-likeness (QED) is 0.636. The van der Waals surface area contributed by atoms with Crippen molar-refractivity contribution in [2.45, 2.75) is 0 Å². The van der Waals surface area contributed by atoms with Crippen molar-refractivity contribution in [1.29, 1.82) is 0 Å². The highest BCUT2D eigenvalue weighted by molar-refractivity contribution is 6.33. The molecule has 0 atom stereocenters. The summed E-state index contributed by atoms with van der Waals surface area (Å²) in [6.45, 7) is 0. The monoisotopic (exact) mass is 174 g/mol. The van der Waals surface area contributed by atoms with Crippen molar-refractivity contribution in [3.05, 3.63) is 30.0 Å². The van der Waals surface area contributed by atoms with Crippen LogP contribution in [0.2, 0.25) is 0 Å². The summed E-state index contributed by atoms with van der Waals surface area (Å²) in [5, 5.41) is 9.49. The van der Waals surface area contributed by atoms with E-state index in [1.54, 1.807) is 6.07 Å². The van der Waals surface area contributed by atoms with Crippen molar-refractivity contribution in [3.63, 3.8) is 0 Å². The third kappa shape index (κ3) is 1.31. The third-order valence-electron chi connectivity index (χ3n) is 1.88. The first-order valence-electron chi connectivity index (χ1n) is 3.90. The van der Waals surface area contributed by atoms with Crippen molar-refractivity contribution in [3.8, 4) is 0 Å². The third-order valence-corrected chi connectivity index (χ3v) is 1.88. The van der Waals surface area contributed by atoms with Crippen molar-refractivity contribution in [2.75, 3.05) is 0 Å². The average molecular weight is 174 g/mol. The second-order valence-corrected chi connectivity index (χ2v) is 2.96. The first kappa shape index (κ1) is 7.92. The maximum atomic E-state index is 10.6. The minimum atomic E-state index is -1.03. The van der Waals surface area contributed by atoms with Gasteiger partial charge in [-0.15, -0.1) is 0 Å². The molecule has 0 aliphatic heterocycles. The van der Waals surface area contributed by atoms with Crippen LogP contribution < -0.4 is 5.46 Å². The van der Waals surface area contributed by atoms with Crippen LogP contribution in [0.15, 0.2) is 28.7 Å². The summed E-state index contributed by atoms with van der Waals surface area (Å²) in [6.07, 6.45) is 0. The fourth-order valence-electron chi connectivity index (χ4n) is 1.27. The maximum Gasteiger partial charge on any atom is 0.371 e. The van der Waals surface area contributed by atoms with Crippen LogP contribution in [0, 0.1) is 0 Å². The Morgan fingerprint density at radius 1 is 1.38 bits per heavy atom. The van der Waals surface area contributed by atoms with Crippen molar-refractivity contribution in [2.24, 2.45) is 0 Å². The molecule has 4 heteroatoms. The Morgan fingerprint density at radius 2 is 2.15 bits per heavy atom. The average Bonchev–Trinajstić information content (AvgIpc) is 2.46. The van der Waals surface area contributed by atoms with Gasteiger partial charge in [0.05, 0.1) is 0 Å². The van der Waals surface area contributed by atoms with E-state index in [-0.39, 0.29) is 5.76 Å². The lowest BCUT2D eigenvalue weighted by Gasteiger charge is -1.89. The van der Waals surface area contributed by atoms with Gasteiger partial charge < -0.3 is 9.52 Å². The zero-order chi connectivity index (χ0) is 9.42. The van der Waals surface area contributed by atoms with Crippen LogP contribution in [-0.2, 0) is 0 Å². The summed E-state index contributed by atoms with van der Waals surface area (Å²) in [6, 6.07) is 7.09. The molecule has 1 aromatic carbocycles. The molecule has 1 heterocycles. The topological polar surface area (TPSA) is 50.4 Å². The van der Waals surface area contributed by atoms with Crippen LogP contribution in [0.1, 0.15) is 10.6 Å². The van der Waals surface area contributed by atoms with Gasteiger partial charge in [-0.05, 0) is 12.1 Å². The summed E-state index contributed by atoms with van der Waals surface area (Å²) in [5.74, 6) is -1.05. The van der Waals surface area contributed by atoms with E-state index < -0.39 is 5.97 Å². The lowest BCUT2D eigenvalue weighted by atomic mass is 9.95. The van der Waals surface area contributed by atoms with Gasteiger partial charge in [-0.1, -0.05) is 17.6 Å². The molecule has 0 unspecified atom stereocenters. The molecule has 13 heavy (non-hydrogen) atoms. The van der Waals surface area contributed by atoms with Crippen molar-refractivity contribution in [1.82, 2.24) is 0 Å². The van der Waals surface area contributed by atoms with E-state index in [9.17, 15) is 4.79 Å². The largest absolute Gasteiger partial charge is 0.475 e. The van der Waals surface area contributed by atoms with Gasteiger partial charge in [0.2, 0.25) is 5.76 Å². The molecule has 0 amide bonds. The molecular weight excluding hydrogens is 167 g/mol. The van der Waals surface area contributed by atoms with E-state index in [1.807, 2.05) is 20.0 Å². The summed E-state index contributed by atoms with van der Waals surface area (Å²) in [7, 11) is 1.95. The molecule has 0 spiro atoms. The van der Waals surface area contributed by atoms with Gasteiger partial charge >= 0.3 is 5.97 Å². The number of hydrogen-bond acceptors (Lipinski definition) is 2. The van der Waals surface area contributed by atoms with Gasteiger partial charge in [-0.3, -0.25) is 0 Å². The van der Waals surface area contributed by atoms with Crippen LogP contribution in [0.4, 0.5) is 0 Å². The minimum absolute atomic E-state index is 0.0133. The highest BCUT2D eigenvalue weighted by Crippen LogP contribution is 2.17. The summed E-state index contributed by atoms with van der Waals surface area (Å²) in [4.78, 5) is 10.6. The number of benzene rings is 1. The summed E-state index contributed by atoms with van der Waals surface area (Å²) >= 11 is 0. The number of aromatic carboxylic acids is 1. The molecule has 0 saturated heterocycles. The fourth-order valence-corrected chi connectivity index (χ4v) is 1.27. The SMILES string of the molecule is Bc1ccc2oc(C(=O)O)cc2c1. The van der Waals surface area contributed by atoms with E-state index >= 15 is 0 Å². The van der Waals surface area contributed by atoms with Crippen LogP contribution in [-0.4, -0.2) is 18.9 Å². The highest BCUT2D eigenvalue weighted by atomic mass is 16.4. The smallest absolute Gasteiger partial charge is 0.371 e. The maximum absolute atomic E-state index is 10.6. The van der Waals surface area contributed by atoms with Gasteiger partial charge in [0, 0.05) is 5.39 Å². The van der Waals surface area contributed by atoms with Crippen LogP contribution >= 0.6 is 0 Å². The Labute approximate surface area is 75.4 Å². The van der Waals surface area contributed by atoms with Crippen LogP contribution in [0.3, 0.4) is 0 Å². The zero-order valence-electron chi connectivity index (χ0n) is 7.07. The molecule has 0 aliphatic carbocycles. The Kier molecular flexibility index (Phi) is 1.62. The van der Waals surface area contributed by atoms with Gasteiger partial charge in [-0.25, -0.2) is 4.79 Å². The first-order valence-corrected chi connectivity index (χ1v) is 3.90. The molecule has 64 valence electrons. The number of furan rings is 1. The summed E-state index contributed by atoms with van der Waals surface area (Å²) < 4.78 is 5.08. The van der Waals surface area contributed by atoms with E-state index in [4.69, 9.17) is 9.52 Å². The second-order valence-electron chi connectivity index (χ2n) is 2.96. The lowest BCUT2D eigenvalue weighted by Crippen LogP contribution is -1.98. The number of hydrogen-bond donors (Lipinski definition) is 1. The van der Waals surface area contributed by atoms with Crippen LogP contribution in [0.25, 0.3) is 11.0 Å². The van der Waals surface area contributed by atoms with Gasteiger partial charge in [0.25, 0.3) is 0 Å². The second kappa shape index (κ2) is 2.66. The van der Waals surface area contributed by atoms with Crippen molar-refractivity contribution < 1.29 is 14.3 Å². The number of carboxylic acids is 1. The lowest BCUT2D eigenvalue weighted by molar-refractivity contribution is 0.0665. The van der Waals surface area contributed by atoms with Crippen molar-refractivity contribution >= 4 is 30.2 Å². The molecule has 1 N–H and O–H groups in total. The standard InChI is InChI=1S/C9H7BO3/c10-6-1-2-7-5(3-6)4-8(13-7)9(11)12/h1-4H,10H2,(H,11,12). The number of fused-ring (bicyclic) bond motifs is 1. The predicted molar refractivity (Wildman–Crippen MR) is 51.4 cm³/mol. The van der Waals surface area contributed by atoms with E-state index in [0.29, 0.717) is 5.58 Å². The molecule has 1 aromatic heterocycles. The molecule has 0 fully saturated rings. The molecular formula is C9H7BO3. The van der Waals surface area contributed by atoms with E-state index in [2.05, 4.69) is 0 Å². The van der Waals surface area contributed by atoms with E-state index in [0.717, 1.165) is 10.8 Å². The van der Waals surface area contributed by atoms with Crippen LogP contribution in [0.5, 0.6) is 0 Å². The molecule has 3 nitrogen and oxygen atoms in total. The summed E-state index contributed by atoms with van der Waals surface area (Å²) in [5.41, 5.74) is 1.70. The molecule has 0 saturated carbocycles. The zero-order valence-corrected chi connectivity index (χ0v) is 7.07. The first-order chi connectivity index (χ1) is 6.16. The Hall–Kier alpha value is -1.71. The fraction of sp³-hybridized carbons (Fsp3) is 0. The molecule has 0 aliphatic rings. The Balaban J connectivity index is 2.68. The molecule has 2 aromatic rings. The predicted octanol–water partition coefficient (Wildman–Crippen LogP) is 0.389. The minimum Gasteiger partial charge on any atom is -0.475 e. The number of carboxylic acid groups (broad SMARTS) is 1. The number of rotatable bonds is 1. The Bertz CT molecular complexity index is 473. The van der Waals surface area contributed by atoms with Gasteiger partial charge in [0.15, 0.2) is 0 Å². The Morgan fingerprint density at radius 3 is 2.85 bits per heavy atom. The molecule has 0 bridgehead atoms. The van der Waals surface area contributed by atoms with Gasteiger partial charge in [0.1, 0.15) is 13.4 Å². The number of carbonyl (C=O) groups is 1. The van der Waals surface area contributed by atoms with Gasteiger partial charge in [-0.2, -0.15) is 0 Å². The molecule has 2 rings (SSSR count). The van der Waals surface area contributed by atoms with E-state index in [1.165, 1.54) is 6.07 Å².